The minimum atomic E-state index is -0.00296. The Labute approximate surface area is 72.5 Å². The van der Waals surface area contributed by atoms with E-state index in [-0.39, 0.29) is 13.2 Å². The van der Waals surface area contributed by atoms with Crippen molar-refractivity contribution in [3.05, 3.63) is 34.4 Å². The van der Waals surface area contributed by atoms with Gasteiger partial charge in [0.05, 0.1) is 13.2 Å². The summed E-state index contributed by atoms with van der Waals surface area (Å²) in [4.78, 5) is 0. The molecule has 0 saturated carbocycles. The second-order valence-electron chi connectivity index (χ2n) is 3.02. The van der Waals surface area contributed by atoms with Gasteiger partial charge in [0.1, 0.15) is 0 Å². The van der Waals surface area contributed by atoms with Gasteiger partial charge >= 0.3 is 0 Å². The lowest BCUT2D eigenvalue weighted by Crippen LogP contribution is -1.96. The van der Waals surface area contributed by atoms with Crippen LogP contribution in [0.15, 0.2) is 12.1 Å². The summed E-state index contributed by atoms with van der Waals surface area (Å²) in [6.07, 6.45) is 0. The molecule has 0 amide bonds. The number of aliphatic hydroxyl groups excluding tert-OH is 2. The van der Waals surface area contributed by atoms with E-state index in [2.05, 4.69) is 0 Å². The average Bonchev–Trinajstić information content (AvgIpc) is 2.09. The van der Waals surface area contributed by atoms with Crippen LogP contribution in [0.25, 0.3) is 0 Å². The molecule has 0 heterocycles. The molecular weight excluding hydrogens is 152 g/mol. The molecule has 12 heavy (non-hydrogen) atoms. The molecule has 1 rings (SSSR count). The van der Waals surface area contributed by atoms with E-state index >= 15 is 0 Å². The smallest absolute Gasteiger partial charge is 0.0685 e. The maximum atomic E-state index is 8.95. The molecule has 0 bridgehead atoms. The van der Waals surface area contributed by atoms with Gasteiger partial charge in [-0.15, -0.1) is 0 Å². The standard InChI is InChI=1S/C10H14O2/c1-7-3-9(5-11)10(6-12)4-8(7)2/h3-4,11-12H,5-6H2,1-2H3. The third kappa shape index (κ3) is 1.65. The van der Waals surface area contributed by atoms with Crippen molar-refractivity contribution < 1.29 is 10.2 Å². The molecule has 1 aromatic rings. The summed E-state index contributed by atoms with van der Waals surface area (Å²) >= 11 is 0. The Morgan fingerprint density at radius 1 is 0.917 bits per heavy atom. The maximum absolute atomic E-state index is 8.95. The number of aliphatic hydroxyl groups is 2. The van der Waals surface area contributed by atoms with Gasteiger partial charge in [-0.3, -0.25) is 0 Å². The van der Waals surface area contributed by atoms with Gasteiger partial charge in [0.2, 0.25) is 0 Å². The Bertz CT molecular complexity index is 250. The van der Waals surface area contributed by atoms with Gasteiger partial charge in [0.15, 0.2) is 0 Å². The summed E-state index contributed by atoms with van der Waals surface area (Å²) in [7, 11) is 0. The topological polar surface area (TPSA) is 40.5 Å². The van der Waals surface area contributed by atoms with E-state index < -0.39 is 0 Å². The lowest BCUT2D eigenvalue weighted by Gasteiger charge is -2.08. The van der Waals surface area contributed by atoms with Crippen molar-refractivity contribution in [1.82, 2.24) is 0 Å². The zero-order chi connectivity index (χ0) is 9.14. The zero-order valence-corrected chi connectivity index (χ0v) is 7.46. The van der Waals surface area contributed by atoms with E-state index in [0.29, 0.717) is 0 Å². The molecule has 0 fully saturated rings. The fourth-order valence-electron chi connectivity index (χ4n) is 1.23. The van der Waals surface area contributed by atoms with Crippen LogP contribution in [0.1, 0.15) is 22.3 Å². The molecule has 0 saturated heterocycles. The average molecular weight is 166 g/mol. The van der Waals surface area contributed by atoms with Crippen molar-refractivity contribution in [2.75, 3.05) is 0 Å². The maximum Gasteiger partial charge on any atom is 0.0685 e. The molecule has 0 atom stereocenters. The van der Waals surface area contributed by atoms with Gasteiger partial charge in [-0.2, -0.15) is 0 Å². The number of rotatable bonds is 2. The Hall–Kier alpha value is -0.860. The molecule has 2 N–H and O–H groups in total. The van der Waals surface area contributed by atoms with Crippen LogP contribution in [0.3, 0.4) is 0 Å². The first-order valence-corrected chi connectivity index (χ1v) is 3.99. The number of hydrogen-bond acceptors (Lipinski definition) is 2. The normalized spacial score (nSPS) is 10.3. The highest BCUT2D eigenvalue weighted by Crippen LogP contribution is 2.15. The summed E-state index contributed by atoms with van der Waals surface area (Å²) in [6.45, 7) is 3.99. The first-order chi connectivity index (χ1) is 5.69. The van der Waals surface area contributed by atoms with Gasteiger partial charge in [0, 0.05) is 0 Å². The van der Waals surface area contributed by atoms with Crippen LogP contribution in [0.5, 0.6) is 0 Å². The Kier molecular flexibility index (Phi) is 2.84. The summed E-state index contributed by atoms with van der Waals surface area (Å²) in [5.41, 5.74) is 3.94. The number of hydrogen-bond donors (Lipinski definition) is 2. The van der Waals surface area contributed by atoms with Crippen molar-refractivity contribution in [3.63, 3.8) is 0 Å². The Morgan fingerprint density at radius 3 is 1.50 bits per heavy atom. The molecule has 66 valence electrons. The molecular formula is C10H14O2. The summed E-state index contributed by atoms with van der Waals surface area (Å²) in [6, 6.07) is 3.84. The SMILES string of the molecule is Cc1cc(CO)c(CO)cc1C. The second kappa shape index (κ2) is 3.70. The second-order valence-corrected chi connectivity index (χ2v) is 3.02. The van der Waals surface area contributed by atoms with Gasteiger partial charge in [-0.1, -0.05) is 12.1 Å². The highest BCUT2D eigenvalue weighted by Gasteiger charge is 2.02. The monoisotopic (exact) mass is 166 g/mol. The van der Waals surface area contributed by atoms with Crippen LogP contribution in [0, 0.1) is 13.8 Å². The van der Waals surface area contributed by atoms with Crippen LogP contribution in [-0.4, -0.2) is 10.2 Å². The summed E-state index contributed by atoms with van der Waals surface area (Å²) in [5, 5.41) is 17.9. The Morgan fingerprint density at radius 2 is 1.25 bits per heavy atom. The molecule has 0 aliphatic rings. The van der Waals surface area contributed by atoms with E-state index in [1.807, 2.05) is 26.0 Å². The van der Waals surface area contributed by atoms with E-state index in [0.717, 1.165) is 22.3 Å². The molecule has 0 spiro atoms. The van der Waals surface area contributed by atoms with E-state index in [4.69, 9.17) is 10.2 Å². The fourth-order valence-corrected chi connectivity index (χ4v) is 1.23. The highest BCUT2D eigenvalue weighted by atomic mass is 16.3. The molecule has 0 aliphatic heterocycles. The van der Waals surface area contributed by atoms with Crippen molar-refractivity contribution in [3.8, 4) is 0 Å². The minimum absolute atomic E-state index is 0.00296. The van der Waals surface area contributed by atoms with Crippen molar-refractivity contribution >= 4 is 0 Å². The third-order valence-corrected chi connectivity index (χ3v) is 2.16. The predicted octanol–water partition coefficient (Wildman–Crippen LogP) is 1.29. The number of aryl methyl sites for hydroxylation is 2. The fraction of sp³-hybridized carbons (Fsp3) is 0.400. The Balaban J connectivity index is 3.19. The molecule has 0 aliphatic carbocycles. The summed E-state index contributed by atoms with van der Waals surface area (Å²) in [5.74, 6) is 0. The lowest BCUT2D eigenvalue weighted by atomic mass is 10.0. The van der Waals surface area contributed by atoms with Gasteiger partial charge in [-0.05, 0) is 36.1 Å². The number of benzene rings is 1. The quantitative estimate of drug-likeness (QED) is 0.695. The van der Waals surface area contributed by atoms with Crippen LogP contribution >= 0.6 is 0 Å². The van der Waals surface area contributed by atoms with Crippen LogP contribution < -0.4 is 0 Å². The molecule has 0 aromatic heterocycles. The van der Waals surface area contributed by atoms with Crippen molar-refractivity contribution in [2.24, 2.45) is 0 Å². The molecule has 1 aromatic carbocycles. The van der Waals surface area contributed by atoms with E-state index in [1.165, 1.54) is 0 Å². The highest BCUT2D eigenvalue weighted by molar-refractivity contribution is 5.36. The van der Waals surface area contributed by atoms with E-state index in [1.54, 1.807) is 0 Å². The first-order valence-electron chi connectivity index (χ1n) is 3.99. The summed E-state index contributed by atoms with van der Waals surface area (Å²) < 4.78 is 0. The minimum Gasteiger partial charge on any atom is -0.392 e. The predicted molar refractivity (Wildman–Crippen MR) is 47.8 cm³/mol. The van der Waals surface area contributed by atoms with Crippen LogP contribution in [0.4, 0.5) is 0 Å². The van der Waals surface area contributed by atoms with Crippen molar-refractivity contribution in [1.29, 1.82) is 0 Å². The zero-order valence-electron chi connectivity index (χ0n) is 7.46. The molecule has 2 heteroatoms. The largest absolute Gasteiger partial charge is 0.392 e. The van der Waals surface area contributed by atoms with Gasteiger partial charge in [0.25, 0.3) is 0 Å². The first kappa shape index (κ1) is 9.23. The van der Waals surface area contributed by atoms with Gasteiger partial charge in [-0.25, -0.2) is 0 Å². The van der Waals surface area contributed by atoms with Gasteiger partial charge < -0.3 is 10.2 Å². The molecule has 0 unspecified atom stereocenters. The van der Waals surface area contributed by atoms with Crippen molar-refractivity contribution in [2.45, 2.75) is 27.1 Å². The molecule has 0 radical (unpaired) electrons. The van der Waals surface area contributed by atoms with Crippen LogP contribution in [-0.2, 0) is 13.2 Å². The third-order valence-electron chi connectivity index (χ3n) is 2.16. The lowest BCUT2D eigenvalue weighted by molar-refractivity contribution is 0.260. The van der Waals surface area contributed by atoms with E-state index in [9.17, 15) is 0 Å². The van der Waals surface area contributed by atoms with Crippen LogP contribution in [0.2, 0.25) is 0 Å². The molecule has 2 nitrogen and oxygen atoms in total.